The van der Waals surface area contributed by atoms with Crippen molar-refractivity contribution in [2.75, 3.05) is 0 Å². The summed E-state index contributed by atoms with van der Waals surface area (Å²) >= 11 is 0. The molecule has 0 fully saturated rings. The molecule has 4 aromatic rings. The van der Waals surface area contributed by atoms with E-state index in [1.54, 1.807) is 6.07 Å². The van der Waals surface area contributed by atoms with Crippen LogP contribution in [0.5, 0.6) is 11.5 Å². The first-order chi connectivity index (χ1) is 16.3. The van der Waals surface area contributed by atoms with Crippen molar-refractivity contribution < 1.29 is 14.6 Å². The van der Waals surface area contributed by atoms with Gasteiger partial charge in [-0.1, -0.05) is 95.6 Å². The molecule has 0 radical (unpaired) electrons. The summed E-state index contributed by atoms with van der Waals surface area (Å²) in [5, 5.41) is 23.2. The third kappa shape index (κ3) is 4.58. The third-order valence-corrected chi connectivity index (χ3v) is 6.57. The predicted molar refractivity (Wildman–Crippen MR) is 142 cm³/mol. The topological polar surface area (TPSA) is 70.7 Å². The smallest absolute Gasteiger partial charge is 0.344 e. The van der Waals surface area contributed by atoms with E-state index < -0.39 is 11.5 Å². The lowest BCUT2D eigenvalue weighted by molar-refractivity contribution is 0.422. The van der Waals surface area contributed by atoms with Gasteiger partial charge in [0.2, 0.25) is 0 Å². The third-order valence-electron chi connectivity index (χ3n) is 6.57. The Bertz CT molecular complexity index is 1410. The normalized spacial score (nSPS) is 13.2. The number of rotatable bonds is 3. The minimum absolute atomic E-state index is 0.0727. The fourth-order valence-electron chi connectivity index (χ4n) is 4.71. The van der Waals surface area contributed by atoms with Crippen molar-refractivity contribution in [3.8, 4) is 11.5 Å². The van der Waals surface area contributed by atoms with Crippen molar-refractivity contribution in [3.63, 3.8) is 0 Å². The average molecular weight is 471 g/mol. The van der Waals surface area contributed by atoms with Crippen LogP contribution in [0.2, 0.25) is 0 Å². The van der Waals surface area contributed by atoms with Crippen LogP contribution in [0, 0.1) is 6.92 Å². The Balaban J connectivity index is 2.13. The van der Waals surface area contributed by atoms with Crippen molar-refractivity contribution in [2.24, 2.45) is 0 Å². The van der Waals surface area contributed by atoms with Crippen molar-refractivity contribution in [3.05, 3.63) is 104 Å². The van der Waals surface area contributed by atoms with Crippen LogP contribution < -0.4 is 5.63 Å². The van der Waals surface area contributed by atoms with Crippen LogP contribution in [0.1, 0.15) is 80.8 Å². The fourth-order valence-corrected chi connectivity index (χ4v) is 4.71. The Morgan fingerprint density at radius 2 is 1.31 bits per heavy atom. The molecule has 0 aliphatic rings. The van der Waals surface area contributed by atoms with Crippen LogP contribution in [0.25, 0.3) is 11.0 Å². The van der Waals surface area contributed by atoms with E-state index in [0.717, 1.165) is 27.8 Å². The van der Waals surface area contributed by atoms with Crippen LogP contribution in [0.3, 0.4) is 0 Å². The number of phenolic OH excluding ortho intramolecular Hbond substituents is 1. The first-order valence-electron chi connectivity index (χ1n) is 12.0. The van der Waals surface area contributed by atoms with E-state index in [0.29, 0.717) is 11.0 Å². The van der Waals surface area contributed by atoms with Gasteiger partial charge in [-0.15, -0.1) is 0 Å². The number of aromatic hydroxyl groups is 2. The molecular formula is C31H34O4. The number of aryl methyl sites for hydroxylation is 1. The van der Waals surface area contributed by atoms with E-state index in [4.69, 9.17) is 4.42 Å². The highest BCUT2D eigenvalue weighted by Crippen LogP contribution is 2.45. The van der Waals surface area contributed by atoms with Gasteiger partial charge in [-0.25, -0.2) is 4.79 Å². The minimum Gasteiger partial charge on any atom is -0.507 e. The van der Waals surface area contributed by atoms with Crippen molar-refractivity contribution in [2.45, 2.75) is 65.2 Å². The molecular weight excluding hydrogens is 436 g/mol. The maximum atomic E-state index is 13.4. The van der Waals surface area contributed by atoms with E-state index in [-0.39, 0.29) is 27.9 Å². The molecule has 4 heteroatoms. The van der Waals surface area contributed by atoms with E-state index >= 15 is 0 Å². The summed E-state index contributed by atoms with van der Waals surface area (Å²) in [6, 6.07) is 19.0. The fraction of sp³-hybridized carbons (Fsp3) is 0.323. The number of fused-ring (bicyclic) bond motifs is 1. The average Bonchev–Trinajstić information content (AvgIpc) is 2.76. The molecule has 0 amide bonds. The van der Waals surface area contributed by atoms with Gasteiger partial charge in [0, 0.05) is 5.92 Å². The molecule has 182 valence electrons. The van der Waals surface area contributed by atoms with Gasteiger partial charge >= 0.3 is 5.63 Å². The second-order valence-electron chi connectivity index (χ2n) is 11.5. The SMILES string of the molecule is Cc1ccc2oc(=O)c(C(c3ccccc3)c3cc(C(C)(C)C)c(O)c(C(C)(C)C)c3)c(O)c2c1. The first-order valence-corrected chi connectivity index (χ1v) is 12.0. The molecule has 4 rings (SSSR count). The van der Waals surface area contributed by atoms with Crippen LogP contribution in [0.15, 0.2) is 69.9 Å². The summed E-state index contributed by atoms with van der Waals surface area (Å²) in [4.78, 5) is 13.4. The Morgan fingerprint density at radius 1 is 0.743 bits per heavy atom. The molecule has 1 heterocycles. The number of phenols is 1. The van der Waals surface area contributed by atoms with Gasteiger partial charge in [0.1, 0.15) is 17.1 Å². The lowest BCUT2D eigenvalue weighted by Crippen LogP contribution is -2.20. The summed E-state index contributed by atoms with van der Waals surface area (Å²) in [5.41, 5.74) is 3.51. The molecule has 1 aromatic heterocycles. The molecule has 1 atom stereocenters. The molecule has 1 unspecified atom stereocenters. The summed E-state index contributed by atoms with van der Waals surface area (Å²) in [6.45, 7) is 14.3. The Kier molecular flexibility index (Phi) is 6.04. The minimum atomic E-state index is -0.583. The van der Waals surface area contributed by atoms with Crippen molar-refractivity contribution in [1.82, 2.24) is 0 Å². The zero-order valence-corrected chi connectivity index (χ0v) is 21.6. The molecule has 0 saturated carbocycles. The summed E-state index contributed by atoms with van der Waals surface area (Å²) in [7, 11) is 0. The van der Waals surface area contributed by atoms with Gasteiger partial charge in [0.25, 0.3) is 0 Å². The molecule has 0 saturated heterocycles. The summed E-state index contributed by atoms with van der Waals surface area (Å²) in [6.07, 6.45) is 0. The van der Waals surface area contributed by atoms with Crippen LogP contribution in [-0.2, 0) is 10.8 Å². The van der Waals surface area contributed by atoms with Crippen LogP contribution in [-0.4, -0.2) is 10.2 Å². The van der Waals surface area contributed by atoms with Gasteiger partial charge in [-0.3, -0.25) is 0 Å². The predicted octanol–water partition coefficient (Wildman–Crippen LogP) is 7.29. The molecule has 0 spiro atoms. The van der Waals surface area contributed by atoms with Gasteiger partial charge < -0.3 is 14.6 Å². The number of hydrogen-bond donors (Lipinski definition) is 2. The van der Waals surface area contributed by atoms with E-state index in [1.165, 1.54) is 0 Å². The second kappa shape index (κ2) is 8.60. The van der Waals surface area contributed by atoms with Crippen LogP contribution >= 0.6 is 0 Å². The van der Waals surface area contributed by atoms with E-state index in [2.05, 4.69) is 41.5 Å². The largest absolute Gasteiger partial charge is 0.507 e. The van der Waals surface area contributed by atoms with Crippen molar-refractivity contribution in [1.29, 1.82) is 0 Å². The molecule has 3 aromatic carbocycles. The first kappa shape index (κ1) is 24.6. The van der Waals surface area contributed by atoms with E-state index in [9.17, 15) is 15.0 Å². The standard InChI is InChI=1S/C31H34O4/c1-18-13-14-24-21(15-18)27(32)26(29(34)35-24)25(19-11-9-8-10-12-19)20-16-22(30(2,3)4)28(33)23(17-20)31(5,6)7/h8-17,25,32-33H,1-7H3. The summed E-state index contributed by atoms with van der Waals surface area (Å²) in [5.74, 6) is -0.386. The quantitative estimate of drug-likeness (QED) is 0.309. The van der Waals surface area contributed by atoms with Gasteiger partial charge in [-0.05, 0) is 52.1 Å². The molecule has 0 aliphatic carbocycles. The van der Waals surface area contributed by atoms with E-state index in [1.807, 2.05) is 61.5 Å². The monoisotopic (exact) mass is 470 g/mol. The zero-order valence-electron chi connectivity index (χ0n) is 21.6. The molecule has 4 nitrogen and oxygen atoms in total. The summed E-state index contributed by atoms with van der Waals surface area (Å²) < 4.78 is 5.71. The lowest BCUT2D eigenvalue weighted by Gasteiger charge is -2.30. The van der Waals surface area contributed by atoms with Crippen molar-refractivity contribution >= 4 is 11.0 Å². The molecule has 0 bridgehead atoms. The zero-order chi connectivity index (χ0) is 25.7. The number of benzene rings is 3. The molecule has 35 heavy (non-hydrogen) atoms. The number of hydrogen-bond acceptors (Lipinski definition) is 4. The van der Waals surface area contributed by atoms with Gasteiger partial charge in [0.05, 0.1) is 10.9 Å². The second-order valence-corrected chi connectivity index (χ2v) is 11.5. The lowest BCUT2D eigenvalue weighted by atomic mass is 9.75. The Labute approximate surface area is 206 Å². The van der Waals surface area contributed by atoms with Crippen LogP contribution in [0.4, 0.5) is 0 Å². The maximum absolute atomic E-state index is 13.4. The maximum Gasteiger partial charge on any atom is 0.344 e. The Morgan fingerprint density at radius 3 is 1.86 bits per heavy atom. The van der Waals surface area contributed by atoms with Gasteiger partial charge in [-0.2, -0.15) is 0 Å². The highest BCUT2D eigenvalue weighted by molar-refractivity contribution is 5.85. The van der Waals surface area contributed by atoms with Gasteiger partial charge in [0.15, 0.2) is 0 Å². The Hall–Kier alpha value is -3.53. The molecule has 0 aliphatic heterocycles. The molecule has 2 N–H and O–H groups in total. The highest BCUT2D eigenvalue weighted by atomic mass is 16.4. The highest BCUT2D eigenvalue weighted by Gasteiger charge is 2.32.